The van der Waals surface area contributed by atoms with Crippen molar-refractivity contribution in [1.29, 1.82) is 0 Å². The Morgan fingerprint density at radius 1 is 1.45 bits per heavy atom. The van der Waals surface area contributed by atoms with E-state index in [-0.39, 0.29) is 24.4 Å². The maximum atomic E-state index is 10.8. The molecule has 0 aromatic rings. The van der Waals surface area contributed by atoms with Crippen LogP contribution in [0.25, 0.3) is 0 Å². The molecule has 0 radical (unpaired) electrons. The maximum absolute atomic E-state index is 10.8. The van der Waals surface area contributed by atoms with Crippen molar-refractivity contribution >= 4 is 18.3 Å². The van der Waals surface area contributed by atoms with E-state index in [0.717, 1.165) is 6.42 Å². The highest BCUT2D eigenvalue weighted by atomic mass is 35.5. The number of rotatable bonds is 1. The molecule has 1 aliphatic heterocycles. The molecule has 2 aliphatic rings. The van der Waals surface area contributed by atoms with E-state index in [9.17, 15) is 4.79 Å². The standard InChI is InChI=1S/C7H12N2O.ClH/c8-7(10)6-4-1-2-5(3-4)9-6;/h4-6,9H,1-3H2,(H2,8,10);1H/t4-,5+,6+;/m0./s1. The van der Waals surface area contributed by atoms with Gasteiger partial charge in [0.05, 0.1) is 6.04 Å². The van der Waals surface area contributed by atoms with Gasteiger partial charge in [-0.15, -0.1) is 12.4 Å². The minimum atomic E-state index is -0.174. The quantitative estimate of drug-likeness (QED) is 0.593. The normalized spacial score (nSPS) is 40.2. The lowest BCUT2D eigenvalue weighted by Gasteiger charge is -2.19. The summed E-state index contributed by atoms with van der Waals surface area (Å²) in [5, 5.41) is 3.22. The van der Waals surface area contributed by atoms with E-state index in [4.69, 9.17) is 5.73 Å². The van der Waals surface area contributed by atoms with Gasteiger partial charge in [0, 0.05) is 6.04 Å². The number of fused-ring (bicyclic) bond motifs is 2. The van der Waals surface area contributed by atoms with Crippen molar-refractivity contribution in [2.24, 2.45) is 11.7 Å². The van der Waals surface area contributed by atoms with Crippen LogP contribution < -0.4 is 11.1 Å². The van der Waals surface area contributed by atoms with Crippen molar-refractivity contribution in [1.82, 2.24) is 5.32 Å². The van der Waals surface area contributed by atoms with Crippen molar-refractivity contribution in [3.63, 3.8) is 0 Å². The van der Waals surface area contributed by atoms with E-state index in [0.29, 0.717) is 12.0 Å². The molecule has 3 N–H and O–H groups in total. The molecule has 3 atom stereocenters. The molecule has 4 heteroatoms. The van der Waals surface area contributed by atoms with Crippen molar-refractivity contribution in [2.75, 3.05) is 0 Å². The summed E-state index contributed by atoms with van der Waals surface area (Å²) in [4.78, 5) is 10.8. The first kappa shape index (κ1) is 8.81. The lowest BCUT2D eigenvalue weighted by molar-refractivity contribution is -0.120. The van der Waals surface area contributed by atoms with Crippen LogP contribution in [0, 0.1) is 5.92 Å². The molecule has 1 amide bonds. The number of hydrogen-bond acceptors (Lipinski definition) is 2. The first-order valence-electron chi connectivity index (χ1n) is 3.83. The Morgan fingerprint density at radius 2 is 2.18 bits per heavy atom. The molecular weight excluding hydrogens is 164 g/mol. The van der Waals surface area contributed by atoms with Gasteiger partial charge in [-0.3, -0.25) is 4.79 Å². The molecule has 64 valence electrons. The number of nitrogens with one attached hydrogen (secondary N) is 1. The number of hydrogen-bond donors (Lipinski definition) is 2. The predicted molar refractivity (Wildman–Crippen MR) is 44.5 cm³/mol. The Balaban J connectivity index is 0.000000605. The fourth-order valence-electron chi connectivity index (χ4n) is 2.17. The summed E-state index contributed by atoms with van der Waals surface area (Å²) in [6, 6.07) is 0.571. The highest BCUT2D eigenvalue weighted by molar-refractivity contribution is 5.85. The van der Waals surface area contributed by atoms with Crippen molar-refractivity contribution in [2.45, 2.75) is 31.3 Å². The molecule has 2 rings (SSSR count). The molecular formula is C7H13ClN2O. The first-order valence-corrected chi connectivity index (χ1v) is 3.83. The van der Waals surface area contributed by atoms with Gasteiger partial charge in [-0.2, -0.15) is 0 Å². The summed E-state index contributed by atoms with van der Waals surface area (Å²) in [6.45, 7) is 0. The van der Waals surface area contributed by atoms with E-state index in [1.165, 1.54) is 12.8 Å². The molecule has 1 saturated heterocycles. The SMILES string of the molecule is Cl.NC(=O)[C@@H]1N[C@@H]2CC[C@H]1C2. The van der Waals surface area contributed by atoms with Crippen LogP contribution >= 0.6 is 12.4 Å². The summed E-state index contributed by atoms with van der Waals surface area (Å²) < 4.78 is 0. The van der Waals surface area contributed by atoms with Crippen LogP contribution in [0.4, 0.5) is 0 Å². The van der Waals surface area contributed by atoms with E-state index < -0.39 is 0 Å². The topological polar surface area (TPSA) is 55.1 Å². The summed E-state index contributed by atoms with van der Waals surface area (Å²) in [6.07, 6.45) is 3.58. The smallest absolute Gasteiger partial charge is 0.234 e. The number of amides is 1. The average Bonchev–Trinajstić information content (AvgIpc) is 2.44. The molecule has 1 saturated carbocycles. The van der Waals surface area contributed by atoms with E-state index in [1.54, 1.807) is 0 Å². The van der Waals surface area contributed by atoms with Gasteiger partial charge in [-0.1, -0.05) is 0 Å². The zero-order valence-corrected chi connectivity index (χ0v) is 7.06. The number of piperidine rings is 1. The molecule has 0 aromatic carbocycles. The molecule has 2 fully saturated rings. The van der Waals surface area contributed by atoms with Crippen LogP contribution in [0.15, 0.2) is 0 Å². The molecule has 0 unspecified atom stereocenters. The van der Waals surface area contributed by atoms with E-state index in [2.05, 4.69) is 5.32 Å². The number of carbonyl (C=O) groups excluding carboxylic acids is 1. The lowest BCUT2D eigenvalue weighted by Crippen LogP contribution is -2.45. The van der Waals surface area contributed by atoms with Gasteiger partial charge in [0.15, 0.2) is 0 Å². The summed E-state index contributed by atoms with van der Waals surface area (Å²) in [7, 11) is 0. The van der Waals surface area contributed by atoms with Crippen LogP contribution in [0.1, 0.15) is 19.3 Å². The first-order chi connectivity index (χ1) is 4.77. The summed E-state index contributed by atoms with van der Waals surface area (Å²) >= 11 is 0. The zero-order chi connectivity index (χ0) is 7.14. The molecule has 0 aromatic heterocycles. The van der Waals surface area contributed by atoms with Crippen molar-refractivity contribution in [3.8, 4) is 0 Å². The molecule has 0 spiro atoms. The van der Waals surface area contributed by atoms with Crippen LogP contribution in [0.3, 0.4) is 0 Å². The fraction of sp³-hybridized carbons (Fsp3) is 0.857. The molecule has 1 heterocycles. The van der Waals surface area contributed by atoms with Crippen LogP contribution in [-0.2, 0) is 4.79 Å². The van der Waals surface area contributed by atoms with Gasteiger partial charge in [0.1, 0.15) is 0 Å². The predicted octanol–water partition coefficient (Wildman–Crippen LogP) is 0.0340. The van der Waals surface area contributed by atoms with Crippen molar-refractivity contribution in [3.05, 3.63) is 0 Å². The van der Waals surface area contributed by atoms with Gasteiger partial charge in [0.2, 0.25) is 5.91 Å². The number of carbonyl (C=O) groups is 1. The zero-order valence-electron chi connectivity index (χ0n) is 6.25. The second-order valence-electron chi connectivity index (χ2n) is 3.32. The molecule has 3 nitrogen and oxygen atoms in total. The van der Waals surface area contributed by atoms with E-state index in [1.807, 2.05) is 0 Å². The highest BCUT2D eigenvalue weighted by Gasteiger charge is 2.41. The Labute approximate surface area is 72.1 Å². The Hall–Kier alpha value is -0.280. The van der Waals surface area contributed by atoms with Gasteiger partial charge in [-0.05, 0) is 25.2 Å². The number of halogens is 1. The maximum Gasteiger partial charge on any atom is 0.234 e. The third kappa shape index (κ3) is 1.35. The fourth-order valence-corrected chi connectivity index (χ4v) is 2.17. The minimum Gasteiger partial charge on any atom is -0.368 e. The van der Waals surface area contributed by atoms with Crippen LogP contribution in [-0.4, -0.2) is 18.0 Å². The number of nitrogens with two attached hydrogens (primary N) is 1. The Morgan fingerprint density at radius 3 is 2.45 bits per heavy atom. The third-order valence-electron chi connectivity index (χ3n) is 2.67. The van der Waals surface area contributed by atoms with Gasteiger partial charge >= 0.3 is 0 Å². The summed E-state index contributed by atoms with van der Waals surface area (Å²) in [5.41, 5.74) is 5.18. The van der Waals surface area contributed by atoms with Crippen LogP contribution in [0.5, 0.6) is 0 Å². The monoisotopic (exact) mass is 176 g/mol. The average molecular weight is 177 g/mol. The highest BCUT2D eigenvalue weighted by Crippen LogP contribution is 2.34. The molecule has 1 aliphatic carbocycles. The van der Waals surface area contributed by atoms with Gasteiger partial charge in [0.25, 0.3) is 0 Å². The van der Waals surface area contributed by atoms with Crippen LogP contribution in [0.2, 0.25) is 0 Å². The van der Waals surface area contributed by atoms with Crippen molar-refractivity contribution < 1.29 is 4.79 Å². The number of primary amides is 1. The lowest BCUT2D eigenvalue weighted by atomic mass is 10.00. The minimum absolute atomic E-state index is 0. The second-order valence-corrected chi connectivity index (χ2v) is 3.32. The molecule has 11 heavy (non-hydrogen) atoms. The second kappa shape index (κ2) is 2.99. The largest absolute Gasteiger partial charge is 0.368 e. The Bertz CT molecular complexity index is 174. The van der Waals surface area contributed by atoms with Gasteiger partial charge < -0.3 is 11.1 Å². The van der Waals surface area contributed by atoms with E-state index >= 15 is 0 Å². The Kier molecular flexibility index (Phi) is 2.40. The summed E-state index contributed by atoms with van der Waals surface area (Å²) in [5.74, 6) is 0.370. The molecule has 2 bridgehead atoms. The third-order valence-corrected chi connectivity index (χ3v) is 2.67. The van der Waals surface area contributed by atoms with Gasteiger partial charge in [-0.25, -0.2) is 0 Å².